The molecule has 0 spiro atoms. The molecule has 1 amide bonds. The summed E-state index contributed by atoms with van der Waals surface area (Å²) in [6.45, 7) is 0. The molecule has 7 heteroatoms. The summed E-state index contributed by atoms with van der Waals surface area (Å²) in [4.78, 5) is 31.0. The lowest BCUT2D eigenvalue weighted by Crippen LogP contribution is -2.33. The van der Waals surface area contributed by atoms with E-state index in [-0.39, 0.29) is 11.5 Å². The van der Waals surface area contributed by atoms with Crippen molar-refractivity contribution in [1.29, 1.82) is 0 Å². The summed E-state index contributed by atoms with van der Waals surface area (Å²) in [5, 5.41) is 4.41. The normalized spacial score (nSPS) is 10.8. The number of fused-ring (bicyclic) bond motifs is 1. The first kappa shape index (κ1) is 14.8. The fourth-order valence-corrected chi connectivity index (χ4v) is 4.11. The molecule has 0 fully saturated rings. The Labute approximate surface area is 144 Å². The Morgan fingerprint density at radius 2 is 1.92 bits per heavy atom. The Bertz CT molecular complexity index is 1070. The first-order valence-corrected chi connectivity index (χ1v) is 8.89. The molecule has 0 radical (unpaired) electrons. The molecule has 1 aromatic carbocycles. The van der Waals surface area contributed by atoms with Crippen LogP contribution in [-0.2, 0) is 0 Å². The molecule has 4 rings (SSSR count). The molecule has 0 aliphatic carbocycles. The molecule has 5 nitrogen and oxygen atoms in total. The first-order valence-electron chi connectivity index (χ1n) is 7.13. The van der Waals surface area contributed by atoms with Gasteiger partial charge in [0.1, 0.15) is 11.2 Å². The predicted octanol–water partition coefficient (Wildman–Crippen LogP) is 3.57. The number of hydrogen-bond acceptors (Lipinski definition) is 5. The average Bonchev–Trinajstić information content (AvgIpc) is 3.27. The maximum atomic E-state index is 12.8. The zero-order valence-corrected chi connectivity index (χ0v) is 13.9. The average molecular weight is 353 g/mol. The Morgan fingerprint density at radius 3 is 2.67 bits per heavy atom. The van der Waals surface area contributed by atoms with Crippen LogP contribution in [0.3, 0.4) is 0 Å². The van der Waals surface area contributed by atoms with Crippen LogP contribution in [-0.4, -0.2) is 15.6 Å². The molecule has 0 saturated carbocycles. The molecule has 24 heavy (non-hydrogen) atoms. The SMILES string of the molecule is O=C(Nn1cnc2scc(-c3cccs3)c2c1=O)c1ccccc1. The van der Waals surface area contributed by atoms with Crippen molar-refractivity contribution in [1.82, 2.24) is 9.66 Å². The minimum Gasteiger partial charge on any atom is -0.267 e. The van der Waals surface area contributed by atoms with Crippen LogP contribution in [0.25, 0.3) is 20.7 Å². The van der Waals surface area contributed by atoms with Crippen molar-refractivity contribution >= 4 is 38.8 Å². The highest BCUT2D eigenvalue weighted by Gasteiger charge is 2.15. The second-order valence-electron chi connectivity index (χ2n) is 5.03. The minimum absolute atomic E-state index is 0.283. The summed E-state index contributed by atoms with van der Waals surface area (Å²) in [5.74, 6) is -0.355. The molecule has 4 aromatic rings. The van der Waals surface area contributed by atoms with Crippen LogP contribution < -0.4 is 11.0 Å². The number of benzene rings is 1. The van der Waals surface area contributed by atoms with Gasteiger partial charge < -0.3 is 0 Å². The summed E-state index contributed by atoms with van der Waals surface area (Å²) in [7, 11) is 0. The van der Waals surface area contributed by atoms with Gasteiger partial charge in [-0.15, -0.1) is 22.7 Å². The number of thiophene rings is 2. The molecule has 3 heterocycles. The van der Waals surface area contributed by atoms with Crippen LogP contribution in [0.5, 0.6) is 0 Å². The molecule has 0 saturated heterocycles. The molecule has 3 aromatic heterocycles. The molecule has 1 N–H and O–H groups in total. The second-order valence-corrected chi connectivity index (χ2v) is 6.84. The van der Waals surface area contributed by atoms with Gasteiger partial charge in [-0.05, 0) is 23.6 Å². The van der Waals surface area contributed by atoms with Gasteiger partial charge in [0, 0.05) is 21.4 Å². The van der Waals surface area contributed by atoms with Gasteiger partial charge in [0.2, 0.25) is 0 Å². The number of aromatic nitrogens is 2. The van der Waals surface area contributed by atoms with E-state index in [4.69, 9.17) is 0 Å². The van der Waals surface area contributed by atoms with Gasteiger partial charge in [-0.25, -0.2) is 9.66 Å². The molecule has 0 aliphatic heterocycles. The van der Waals surface area contributed by atoms with Crippen molar-refractivity contribution in [3.63, 3.8) is 0 Å². The molecule has 0 unspecified atom stereocenters. The van der Waals surface area contributed by atoms with Crippen molar-refractivity contribution in [2.45, 2.75) is 0 Å². The Morgan fingerprint density at radius 1 is 1.08 bits per heavy atom. The van der Waals surface area contributed by atoms with E-state index in [2.05, 4.69) is 10.4 Å². The van der Waals surface area contributed by atoms with Gasteiger partial charge in [-0.3, -0.25) is 15.0 Å². The van der Waals surface area contributed by atoms with Crippen LogP contribution in [0.15, 0.2) is 64.3 Å². The number of nitrogens with zero attached hydrogens (tertiary/aromatic N) is 2. The zero-order valence-electron chi connectivity index (χ0n) is 12.3. The third kappa shape index (κ3) is 2.53. The van der Waals surface area contributed by atoms with E-state index in [1.807, 2.05) is 29.0 Å². The Kier molecular flexibility index (Phi) is 3.72. The maximum absolute atomic E-state index is 12.8. The molecular weight excluding hydrogens is 342 g/mol. The van der Waals surface area contributed by atoms with Crippen molar-refractivity contribution in [3.05, 3.63) is 75.5 Å². The number of rotatable bonds is 3. The number of carbonyl (C=O) groups is 1. The van der Waals surface area contributed by atoms with E-state index < -0.39 is 0 Å². The van der Waals surface area contributed by atoms with Gasteiger partial charge in [0.05, 0.1) is 5.39 Å². The first-order chi connectivity index (χ1) is 11.7. The third-order valence-electron chi connectivity index (χ3n) is 3.54. The zero-order chi connectivity index (χ0) is 16.5. The van der Waals surface area contributed by atoms with Gasteiger partial charge >= 0.3 is 0 Å². The van der Waals surface area contributed by atoms with E-state index in [1.165, 1.54) is 17.7 Å². The van der Waals surface area contributed by atoms with E-state index in [1.54, 1.807) is 35.6 Å². The fraction of sp³-hybridized carbons (Fsp3) is 0. The highest BCUT2D eigenvalue weighted by Crippen LogP contribution is 2.33. The summed E-state index contributed by atoms with van der Waals surface area (Å²) in [6, 6.07) is 12.7. The van der Waals surface area contributed by atoms with Crippen molar-refractivity contribution in [2.75, 3.05) is 5.43 Å². The van der Waals surface area contributed by atoms with Crippen LogP contribution in [0, 0.1) is 0 Å². The Hall–Kier alpha value is -2.77. The van der Waals surface area contributed by atoms with Crippen molar-refractivity contribution in [3.8, 4) is 10.4 Å². The lowest BCUT2D eigenvalue weighted by Gasteiger charge is -2.07. The third-order valence-corrected chi connectivity index (χ3v) is 5.33. The fourth-order valence-electron chi connectivity index (χ4n) is 2.39. The van der Waals surface area contributed by atoms with Gasteiger partial charge in [-0.2, -0.15) is 0 Å². The lowest BCUT2D eigenvalue weighted by molar-refractivity contribution is 0.101. The van der Waals surface area contributed by atoms with Crippen LogP contribution in [0.4, 0.5) is 0 Å². The summed E-state index contributed by atoms with van der Waals surface area (Å²) in [5.41, 5.74) is 3.64. The summed E-state index contributed by atoms with van der Waals surface area (Å²) < 4.78 is 1.14. The minimum atomic E-state index is -0.355. The van der Waals surface area contributed by atoms with E-state index >= 15 is 0 Å². The molecule has 0 aliphatic rings. The molecule has 118 valence electrons. The lowest BCUT2D eigenvalue weighted by atomic mass is 10.2. The maximum Gasteiger partial charge on any atom is 0.281 e. The van der Waals surface area contributed by atoms with E-state index in [0.717, 1.165) is 15.1 Å². The quantitative estimate of drug-likeness (QED) is 0.612. The highest BCUT2D eigenvalue weighted by molar-refractivity contribution is 7.18. The molecule has 0 bridgehead atoms. The second kappa shape index (κ2) is 6.03. The van der Waals surface area contributed by atoms with Crippen LogP contribution >= 0.6 is 22.7 Å². The molecule has 0 atom stereocenters. The van der Waals surface area contributed by atoms with Crippen LogP contribution in [0.1, 0.15) is 10.4 Å². The number of nitrogens with one attached hydrogen (secondary N) is 1. The van der Waals surface area contributed by atoms with Gasteiger partial charge in [0.15, 0.2) is 0 Å². The standard InChI is InChI=1S/C17H11N3O2S2/c21-15(11-5-2-1-3-6-11)19-20-10-18-16-14(17(20)22)12(9-24-16)13-7-4-8-23-13/h1-10H,(H,19,21). The van der Waals surface area contributed by atoms with E-state index in [0.29, 0.717) is 15.8 Å². The predicted molar refractivity (Wildman–Crippen MR) is 97.3 cm³/mol. The summed E-state index contributed by atoms with van der Waals surface area (Å²) in [6.07, 6.45) is 1.35. The number of carbonyl (C=O) groups excluding carboxylic acids is 1. The van der Waals surface area contributed by atoms with Crippen LogP contribution in [0.2, 0.25) is 0 Å². The van der Waals surface area contributed by atoms with Crippen molar-refractivity contribution < 1.29 is 4.79 Å². The number of hydrogen-bond donors (Lipinski definition) is 1. The molecular formula is C17H11N3O2S2. The Balaban J connectivity index is 1.77. The van der Waals surface area contributed by atoms with Gasteiger partial charge in [0.25, 0.3) is 11.5 Å². The monoisotopic (exact) mass is 353 g/mol. The van der Waals surface area contributed by atoms with Gasteiger partial charge in [-0.1, -0.05) is 24.3 Å². The smallest absolute Gasteiger partial charge is 0.267 e. The largest absolute Gasteiger partial charge is 0.281 e. The number of amides is 1. The summed E-state index contributed by atoms with van der Waals surface area (Å²) >= 11 is 2.98. The van der Waals surface area contributed by atoms with E-state index in [9.17, 15) is 9.59 Å². The van der Waals surface area contributed by atoms with Crippen molar-refractivity contribution in [2.24, 2.45) is 0 Å². The highest BCUT2D eigenvalue weighted by atomic mass is 32.1. The topological polar surface area (TPSA) is 64.0 Å².